The number of nitrogens with zero attached hydrogens (tertiary/aromatic N) is 2. The highest BCUT2D eigenvalue weighted by Gasteiger charge is 2.46. The Hall–Kier alpha value is -7.36. The van der Waals surface area contributed by atoms with E-state index in [0.717, 1.165) is 61.1 Å². The van der Waals surface area contributed by atoms with E-state index in [1.807, 2.05) is 24.3 Å². The van der Waals surface area contributed by atoms with Crippen LogP contribution in [0.25, 0.3) is 78.1 Å². The van der Waals surface area contributed by atoms with Crippen LogP contribution in [0.3, 0.4) is 0 Å². The number of para-hydroxylation sites is 1. The van der Waals surface area contributed by atoms with E-state index in [1.165, 1.54) is 33.4 Å². The van der Waals surface area contributed by atoms with Gasteiger partial charge in [-0.2, -0.15) is 0 Å². The maximum atomic E-state index is 6.31. The largest absolute Gasteiger partial charge is 0.456 e. The molecule has 56 heavy (non-hydrogen) atoms. The third kappa shape index (κ3) is 4.98. The van der Waals surface area contributed by atoms with Crippen molar-refractivity contribution in [2.75, 3.05) is 0 Å². The van der Waals surface area contributed by atoms with Gasteiger partial charge in [0.1, 0.15) is 11.2 Å². The number of aromatic nitrogens is 2. The molecule has 0 aliphatic heterocycles. The molecule has 0 spiro atoms. The molecule has 0 fully saturated rings. The third-order valence-electron chi connectivity index (χ3n) is 11.4. The van der Waals surface area contributed by atoms with Gasteiger partial charge in [-0.05, 0) is 80.9 Å². The SMILES string of the molecule is c1ccc(-c2cc(-c3ccccc3)nc(-c3cc4c(cc3-c3ccc5oc6ccccc6c5c3)-c3ccccc3C4(c3ccccc3)c3ccccc3)n2)cc1. The topological polar surface area (TPSA) is 38.9 Å². The van der Waals surface area contributed by atoms with Gasteiger partial charge in [-0.3, -0.25) is 0 Å². The van der Waals surface area contributed by atoms with Crippen LogP contribution < -0.4 is 0 Å². The van der Waals surface area contributed by atoms with Crippen molar-refractivity contribution in [3.8, 4) is 56.2 Å². The second kappa shape index (κ2) is 12.9. The van der Waals surface area contributed by atoms with Gasteiger partial charge in [-0.15, -0.1) is 0 Å². The van der Waals surface area contributed by atoms with E-state index in [1.54, 1.807) is 0 Å². The van der Waals surface area contributed by atoms with Gasteiger partial charge in [-0.1, -0.05) is 170 Å². The average molecular weight is 715 g/mol. The van der Waals surface area contributed by atoms with Crippen molar-refractivity contribution in [2.24, 2.45) is 0 Å². The fourth-order valence-corrected chi connectivity index (χ4v) is 8.89. The zero-order chi connectivity index (χ0) is 37.1. The standard InChI is InChI=1S/C53H34N2O/c1-5-17-35(18-6-1)48-34-49(36-19-7-2-8-20-36)55-52(54-48)45-33-47-43(32-42(45)37-29-30-51-44(31-37)41-26-14-16-28-50(41)56-51)40-25-13-15-27-46(40)53(47,38-21-9-3-10-22-38)39-23-11-4-12-24-39/h1-34H. The highest BCUT2D eigenvalue weighted by atomic mass is 16.3. The van der Waals surface area contributed by atoms with E-state index in [4.69, 9.17) is 14.4 Å². The van der Waals surface area contributed by atoms with Gasteiger partial charge < -0.3 is 4.42 Å². The van der Waals surface area contributed by atoms with Gasteiger partial charge in [0.25, 0.3) is 0 Å². The summed E-state index contributed by atoms with van der Waals surface area (Å²) < 4.78 is 6.31. The maximum Gasteiger partial charge on any atom is 0.161 e. The van der Waals surface area contributed by atoms with Crippen LogP contribution in [0.2, 0.25) is 0 Å². The van der Waals surface area contributed by atoms with E-state index >= 15 is 0 Å². The molecule has 262 valence electrons. The van der Waals surface area contributed by atoms with Crippen LogP contribution in [0.4, 0.5) is 0 Å². The first-order chi connectivity index (χ1) is 27.8. The molecule has 1 aliphatic rings. The summed E-state index contributed by atoms with van der Waals surface area (Å²) >= 11 is 0. The number of hydrogen-bond acceptors (Lipinski definition) is 3. The quantitative estimate of drug-likeness (QED) is 0.172. The van der Waals surface area contributed by atoms with Crippen LogP contribution in [0, 0.1) is 0 Å². The van der Waals surface area contributed by atoms with Crippen LogP contribution in [-0.4, -0.2) is 9.97 Å². The Bertz CT molecular complexity index is 2960. The summed E-state index contributed by atoms with van der Waals surface area (Å²) in [4.78, 5) is 10.9. The number of hydrogen-bond donors (Lipinski definition) is 0. The minimum absolute atomic E-state index is 0.578. The lowest BCUT2D eigenvalue weighted by molar-refractivity contribution is 0.669. The fraction of sp³-hybridized carbons (Fsp3) is 0.0189. The summed E-state index contributed by atoms with van der Waals surface area (Å²) in [6.45, 7) is 0. The second-order valence-electron chi connectivity index (χ2n) is 14.5. The van der Waals surface area contributed by atoms with Crippen molar-refractivity contribution in [1.82, 2.24) is 9.97 Å². The lowest BCUT2D eigenvalue weighted by atomic mass is 9.67. The Balaban J connectivity index is 1.27. The number of fused-ring (bicyclic) bond motifs is 6. The molecule has 2 aromatic heterocycles. The van der Waals surface area contributed by atoms with Crippen LogP contribution in [-0.2, 0) is 5.41 Å². The first-order valence-electron chi connectivity index (χ1n) is 19.1. The molecule has 0 N–H and O–H groups in total. The normalized spacial score (nSPS) is 12.8. The molecule has 0 bridgehead atoms. The maximum absolute atomic E-state index is 6.31. The smallest absolute Gasteiger partial charge is 0.161 e. The zero-order valence-corrected chi connectivity index (χ0v) is 30.4. The van der Waals surface area contributed by atoms with Gasteiger partial charge in [-0.25, -0.2) is 9.97 Å². The van der Waals surface area contributed by atoms with Gasteiger partial charge >= 0.3 is 0 Å². The molecule has 2 heterocycles. The highest BCUT2D eigenvalue weighted by Crippen LogP contribution is 2.58. The summed E-state index contributed by atoms with van der Waals surface area (Å²) in [5.74, 6) is 0.672. The first kappa shape index (κ1) is 32.1. The summed E-state index contributed by atoms with van der Waals surface area (Å²) in [6.07, 6.45) is 0. The second-order valence-corrected chi connectivity index (χ2v) is 14.5. The fourth-order valence-electron chi connectivity index (χ4n) is 8.89. The number of rotatable bonds is 6. The lowest BCUT2D eigenvalue weighted by Crippen LogP contribution is -2.28. The monoisotopic (exact) mass is 714 g/mol. The van der Waals surface area contributed by atoms with E-state index in [-0.39, 0.29) is 0 Å². The van der Waals surface area contributed by atoms with Gasteiger partial charge in [0.2, 0.25) is 0 Å². The highest BCUT2D eigenvalue weighted by molar-refractivity contribution is 6.07. The predicted octanol–water partition coefficient (Wildman–Crippen LogP) is 13.4. The minimum atomic E-state index is -0.578. The van der Waals surface area contributed by atoms with Crippen LogP contribution >= 0.6 is 0 Å². The molecule has 0 unspecified atom stereocenters. The molecular weight excluding hydrogens is 681 g/mol. The van der Waals surface area contributed by atoms with Crippen LogP contribution in [0.5, 0.6) is 0 Å². The van der Waals surface area contributed by atoms with Gasteiger partial charge in [0.15, 0.2) is 5.82 Å². The number of benzene rings is 8. The molecule has 0 atom stereocenters. The molecule has 1 aliphatic carbocycles. The molecule has 0 saturated carbocycles. The molecular formula is C53H34N2O. The molecule has 8 aromatic carbocycles. The molecule has 3 nitrogen and oxygen atoms in total. The summed E-state index contributed by atoms with van der Waals surface area (Å²) in [6, 6.07) is 73.3. The van der Waals surface area contributed by atoms with E-state index < -0.39 is 5.41 Å². The Morgan fingerprint density at radius 2 is 0.893 bits per heavy atom. The number of furan rings is 1. The Kier molecular flexibility index (Phi) is 7.39. The predicted molar refractivity (Wildman–Crippen MR) is 228 cm³/mol. The summed E-state index contributed by atoms with van der Waals surface area (Å²) in [5.41, 5.74) is 15.4. The van der Waals surface area contributed by atoms with Crippen molar-refractivity contribution in [2.45, 2.75) is 5.41 Å². The summed E-state index contributed by atoms with van der Waals surface area (Å²) in [7, 11) is 0. The summed E-state index contributed by atoms with van der Waals surface area (Å²) in [5, 5.41) is 2.18. The van der Waals surface area contributed by atoms with E-state index in [2.05, 4.69) is 182 Å². The molecule has 11 rings (SSSR count). The van der Waals surface area contributed by atoms with Crippen LogP contribution in [0.15, 0.2) is 211 Å². The zero-order valence-electron chi connectivity index (χ0n) is 30.4. The Morgan fingerprint density at radius 3 is 1.55 bits per heavy atom. The molecule has 0 amide bonds. The molecule has 0 radical (unpaired) electrons. The molecule has 0 saturated heterocycles. The van der Waals surface area contributed by atoms with E-state index in [9.17, 15) is 0 Å². The lowest BCUT2D eigenvalue weighted by Gasteiger charge is -2.34. The van der Waals surface area contributed by atoms with Crippen molar-refractivity contribution in [3.05, 3.63) is 229 Å². The average Bonchev–Trinajstić information content (AvgIpc) is 3.80. The molecule has 3 heteroatoms. The molecule has 10 aromatic rings. The first-order valence-corrected chi connectivity index (χ1v) is 19.1. The third-order valence-corrected chi connectivity index (χ3v) is 11.4. The Morgan fingerprint density at radius 1 is 0.339 bits per heavy atom. The van der Waals surface area contributed by atoms with Gasteiger partial charge in [0, 0.05) is 27.5 Å². The van der Waals surface area contributed by atoms with Crippen LogP contribution in [0.1, 0.15) is 22.3 Å². The van der Waals surface area contributed by atoms with E-state index in [0.29, 0.717) is 5.82 Å². The van der Waals surface area contributed by atoms with Crippen molar-refractivity contribution >= 4 is 21.9 Å². The van der Waals surface area contributed by atoms with Crippen molar-refractivity contribution in [1.29, 1.82) is 0 Å². The Labute approximate surface area is 325 Å². The minimum Gasteiger partial charge on any atom is -0.456 e. The van der Waals surface area contributed by atoms with Crippen molar-refractivity contribution < 1.29 is 4.42 Å². The van der Waals surface area contributed by atoms with Gasteiger partial charge in [0.05, 0.1) is 16.8 Å². The van der Waals surface area contributed by atoms with Crippen molar-refractivity contribution in [3.63, 3.8) is 0 Å².